The molecule has 0 fully saturated rings. The number of aldehydes is 1. The van der Waals surface area contributed by atoms with E-state index in [2.05, 4.69) is 24.9 Å². The number of halogens is 1. The molecule has 0 unspecified atom stereocenters. The molecule has 2 nitrogen and oxygen atoms in total. The minimum Gasteiger partial charge on any atom is -0.298 e. The number of fused-ring (bicyclic) bond motifs is 1. The molecule has 0 radical (unpaired) electrons. The number of benzene rings is 1. The quantitative estimate of drug-likeness (QED) is 0.590. The zero-order chi connectivity index (χ0) is 12.6. The Morgan fingerprint density at radius 3 is 2.65 bits per heavy atom. The van der Waals surface area contributed by atoms with Crippen molar-refractivity contribution < 1.29 is 4.79 Å². The molecule has 0 aliphatic heterocycles. The molecule has 2 rings (SSSR count). The first-order valence-corrected chi connectivity index (χ1v) is 5.97. The lowest BCUT2D eigenvalue weighted by Crippen LogP contribution is -2.00. The van der Waals surface area contributed by atoms with E-state index in [1.54, 1.807) is 0 Å². The average Bonchev–Trinajstić information content (AvgIpc) is 2.27. The number of carbonyl (C=O) groups excluding carboxylic acids is 1. The van der Waals surface area contributed by atoms with Gasteiger partial charge in [0.2, 0.25) is 0 Å². The van der Waals surface area contributed by atoms with Crippen LogP contribution in [0, 0.1) is 6.92 Å². The summed E-state index contributed by atoms with van der Waals surface area (Å²) in [4.78, 5) is 15.4. The standard InChI is InChI=1S/C14H14ClNO/c1-8(2)13-10-6-9(3)4-5-12(10)16-14(15)11(13)7-17/h4-8H,1-3H3. The first kappa shape index (κ1) is 12.1. The SMILES string of the molecule is Cc1ccc2nc(Cl)c(C=O)c(C(C)C)c2c1. The van der Waals surface area contributed by atoms with Crippen LogP contribution in [0.15, 0.2) is 18.2 Å². The molecule has 0 amide bonds. The van der Waals surface area contributed by atoms with Crippen LogP contribution < -0.4 is 0 Å². The Bertz CT molecular complexity index is 590. The Hall–Kier alpha value is -1.41. The smallest absolute Gasteiger partial charge is 0.153 e. The number of aryl methyl sites for hydroxylation is 1. The van der Waals surface area contributed by atoms with Gasteiger partial charge in [-0.15, -0.1) is 0 Å². The van der Waals surface area contributed by atoms with E-state index in [0.29, 0.717) is 10.7 Å². The average molecular weight is 248 g/mol. The lowest BCUT2D eigenvalue weighted by molar-refractivity contribution is 0.112. The molecule has 88 valence electrons. The van der Waals surface area contributed by atoms with Crippen LogP contribution in [0.3, 0.4) is 0 Å². The van der Waals surface area contributed by atoms with Gasteiger partial charge in [-0.25, -0.2) is 4.98 Å². The molecular formula is C14H14ClNO. The van der Waals surface area contributed by atoms with Crippen molar-refractivity contribution in [3.05, 3.63) is 40.0 Å². The number of pyridine rings is 1. The van der Waals surface area contributed by atoms with Crippen LogP contribution in [0.2, 0.25) is 5.15 Å². The maximum atomic E-state index is 11.2. The van der Waals surface area contributed by atoms with Crippen LogP contribution in [-0.2, 0) is 0 Å². The minimum absolute atomic E-state index is 0.236. The second kappa shape index (κ2) is 4.46. The predicted molar refractivity (Wildman–Crippen MR) is 71.0 cm³/mol. The number of rotatable bonds is 2. The predicted octanol–water partition coefficient (Wildman–Crippen LogP) is 4.13. The van der Waals surface area contributed by atoms with Crippen molar-refractivity contribution >= 4 is 28.8 Å². The van der Waals surface area contributed by atoms with Crippen molar-refractivity contribution in [3.8, 4) is 0 Å². The van der Waals surface area contributed by atoms with Gasteiger partial charge in [0.25, 0.3) is 0 Å². The van der Waals surface area contributed by atoms with Gasteiger partial charge in [-0.2, -0.15) is 0 Å². The molecule has 0 N–H and O–H groups in total. The molecule has 0 saturated carbocycles. The fourth-order valence-corrected chi connectivity index (χ4v) is 2.36. The summed E-state index contributed by atoms with van der Waals surface area (Å²) >= 11 is 6.05. The maximum absolute atomic E-state index is 11.2. The molecule has 0 aliphatic carbocycles. The van der Waals surface area contributed by atoms with E-state index >= 15 is 0 Å². The maximum Gasteiger partial charge on any atom is 0.153 e. The third kappa shape index (κ3) is 2.05. The first-order chi connectivity index (χ1) is 8.04. The van der Waals surface area contributed by atoms with Crippen LogP contribution >= 0.6 is 11.6 Å². The Kier molecular flexibility index (Phi) is 3.16. The van der Waals surface area contributed by atoms with Crippen LogP contribution in [0.4, 0.5) is 0 Å². The van der Waals surface area contributed by atoms with Gasteiger partial charge in [0.05, 0.1) is 11.1 Å². The molecule has 1 heterocycles. The van der Waals surface area contributed by atoms with E-state index in [1.165, 1.54) is 0 Å². The molecule has 0 atom stereocenters. The molecule has 0 aliphatic rings. The van der Waals surface area contributed by atoms with Gasteiger partial charge >= 0.3 is 0 Å². The summed E-state index contributed by atoms with van der Waals surface area (Å²) in [6, 6.07) is 5.99. The molecule has 0 saturated heterocycles. The van der Waals surface area contributed by atoms with Gasteiger partial charge in [0.1, 0.15) is 5.15 Å². The molecule has 3 heteroatoms. The Morgan fingerprint density at radius 2 is 2.06 bits per heavy atom. The van der Waals surface area contributed by atoms with E-state index in [-0.39, 0.29) is 5.92 Å². The van der Waals surface area contributed by atoms with Crippen molar-refractivity contribution in [2.75, 3.05) is 0 Å². The third-order valence-electron chi connectivity index (χ3n) is 2.87. The van der Waals surface area contributed by atoms with Gasteiger partial charge in [0, 0.05) is 5.39 Å². The van der Waals surface area contributed by atoms with E-state index in [4.69, 9.17) is 11.6 Å². The highest BCUT2D eigenvalue weighted by Crippen LogP contribution is 2.31. The molecule has 0 bridgehead atoms. The zero-order valence-electron chi connectivity index (χ0n) is 10.1. The molecule has 17 heavy (non-hydrogen) atoms. The van der Waals surface area contributed by atoms with Gasteiger partial charge in [-0.3, -0.25) is 4.79 Å². The van der Waals surface area contributed by atoms with Crippen LogP contribution in [0.25, 0.3) is 10.9 Å². The minimum atomic E-state index is 0.236. The largest absolute Gasteiger partial charge is 0.298 e. The van der Waals surface area contributed by atoms with E-state index in [1.807, 2.05) is 19.1 Å². The number of carbonyl (C=O) groups is 1. The topological polar surface area (TPSA) is 30.0 Å². The van der Waals surface area contributed by atoms with E-state index in [0.717, 1.165) is 28.3 Å². The van der Waals surface area contributed by atoms with Gasteiger partial charge in [0.15, 0.2) is 6.29 Å². The molecular weight excluding hydrogens is 234 g/mol. The number of aromatic nitrogens is 1. The van der Waals surface area contributed by atoms with Crippen LogP contribution in [-0.4, -0.2) is 11.3 Å². The van der Waals surface area contributed by atoms with Gasteiger partial charge < -0.3 is 0 Å². The molecule has 1 aromatic heterocycles. The van der Waals surface area contributed by atoms with E-state index < -0.39 is 0 Å². The summed E-state index contributed by atoms with van der Waals surface area (Å²) in [5.74, 6) is 0.236. The highest BCUT2D eigenvalue weighted by atomic mass is 35.5. The van der Waals surface area contributed by atoms with Crippen molar-refractivity contribution in [3.63, 3.8) is 0 Å². The second-order valence-electron chi connectivity index (χ2n) is 4.52. The van der Waals surface area contributed by atoms with Crippen LogP contribution in [0.5, 0.6) is 0 Å². The summed E-state index contributed by atoms with van der Waals surface area (Å²) in [6.45, 7) is 6.14. The monoisotopic (exact) mass is 247 g/mol. The summed E-state index contributed by atoms with van der Waals surface area (Å²) in [5.41, 5.74) is 3.49. The lowest BCUT2D eigenvalue weighted by Gasteiger charge is -2.14. The van der Waals surface area contributed by atoms with E-state index in [9.17, 15) is 4.79 Å². The summed E-state index contributed by atoms with van der Waals surface area (Å²) < 4.78 is 0. The molecule has 2 aromatic rings. The number of hydrogen-bond donors (Lipinski definition) is 0. The van der Waals surface area contributed by atoms with Crippen LogP contribution in [0.1, 0.15) is 41.3 Å². The Balaban J connectivity index is 2.94. The van der Waals surface area contributed by atoms with Crippen molar-refractivity contribution in [2.24, 2.45) is 0 Å². The van der Waals surface area contributed by atoms with Gasteiger partial charge in [-0.05, 0) is 30.5 Å². The van der Waals surface area contributed by atoms with Crippen molar-refractivity contribution in [1.29, 1.82) is 0 Å². The third-order valence-corrected chi connectivity index (χ3v) is 3.16. The first-order valence-electron chi connectivity index (χ1n) is 5.59. The Morgan fingerprint density at radius 1 is 1.35 bits per heavy atom. The fourth-order valence-electron chi connectivity index (χ4n) is 2.12. The molecule has 0 spiro atoms. The number of hydrogen-bond acceptors (Lipinski definition) is 2. The second-order valence-corrected chi connectivity index (χ2v) is 4.88. The van der Waals surface area contributed by atoms with Crippen molar-refractivity contribution in [1.82, 2.24) is 4.98 Å². The zero-order valence-corrected chi connectivity index (χ0v) is 10.9. The fraction of sp³-hybridized carbons (Fsp3) is 0.286. The lowest BCUT2D eigenvalue weighted by atomic mass is 9.94. The molecule has 1 aromatic carbocycles. The summed E-state index contributed by atoms with van der Waals surface area (Å²) in [7, 11) is 0. The van der Waals surface area contributed by atoms with Gasteiger partial charge in [-0.1, -0.05) is 37.1 Å². The Labute approximate surface area is 106 Å². The normalized spacial score (nSPS) is 11.1. The van der Waals surface area contributed by atoms with Crippen molar-refractivity contribution in [2.45, 2.75) is 26.7 Å². The summed E-state index contributed by atoms with van der Waals surface area (Å²) in [6.07, 6.45) is 0.798. The highest BCUT2D eigenvalue weighted by Gasteiger charge is 2.15. The highest BCUT2D eigenvalue weighted by molar-refractivity contribution is 6.32. The number of nitrogens with zero attached hydrogens (tertiary/aromatic N) is 1. The summed E-state index contributed by atoms with van der Waals surface area (Å²) in [5, 5.41) is 1.31.